The summed E-state index contributed by atoms with van der Waals surface area (Å²) in [6.45, 7) is 1.39. The molecule has 1 aromatic rings. The Balaban J connectivity index is 1.98. The van der Waals surface area contributed by atoms with Crippen molar-refractivity contribution in [3.8, 4) is 6.07 Å². The van der Waals surface area contributed by atoms with Crippen LogP contribution in [0.4, 0.5) is 14.5 Å². The van der Waals surface area contributed by atoms with Gasteiger partial charge < -0.3 is 10.2 Å². The van der Waals surface area contributed by atoms with Crippen LogP contribution >= 0.6 is 11.9 Å². The number of benzene rings is 1. The summed E-state index contributed by atoms with van der Waals surface area (Å²) in [5.74, 6) is -1.25. The predicted octanol–water partition coefficient (Wildman–Crippen LogP) is 3.86. The minimum Gasteiger partial charge on any atom is -0.382 e. The van der Waals surface area contributed by atoms with E-state index < -0.39 is 17.4 Å². The van der Waals surface area contributed by atoms with Crippen molar-refractivity contribution < 1.29 is 13.6 Å². The lowest BCUT2D eigenvalue weighted by Crippen LogP contribution is -2.42. The first kappa shape index (κ1) is 21.5. The van der Waals surface area contributed by atoms with Gasteiger partial charge in [-0.3, -0.25) is 9.52 Å². The van der Waals surface area contributed by atoms with E-state index in [-0.39, 0.29) is 24.1 Å². The van der Waals surface area contributed by atoms with Crippen LogP contribution in [0.3, 0.4) is 0 Å². The lowest BCUT2D eigenvalue weighted by molar-refractivity contribution is -0.132. The number of alkyl halides is 1. The van der Waals surface area contributed by atoms with Gasteiger partial charge in [0.05, 0.1) is 11.3 Å². The predicted molar refractivity (Wildman–Crippen MR) is 104 cm³/mol. The molecule has 0 unspecified atom stereocenters. The Morgan fingerprint density at radius 1 is 1.33 bits per heavy atom. The third-order valence-corrected chi connectivity index (χ3v) is 5.34. The van der Waals surface area contributed by atoms with Gasteiger partial charge in [0.15, 0.2) is 5.67 Å². The Labute approximate surface area is 163 Å². The van der Waals surface area contributed by atoms with Gasteiger partial charge in [-0.2, -0.15) is 5.26 Å². The molecule has 1 saturated carbocycles. The zero-order valence-corrected chi connectivity index (χ0v) is 16.6. The topological polar surface area (TPSA) is 68.2 Å². The monoisotopic (exact) mass is 396 g/mol. The number of halogens is 2. The van der Waals surface area contributed by atoms with E-state index >= 15 is 0 Å². The van der Waals surface area contributed by atoms with Gasteiger partial charge in [0, 0.05) is 11.4 Å². The summed E-state index contributed by atoms with van der Waals surface area (Å²) in [5.41, 5.74) is -1.54. The second kappa shape index (κ2) is 9.90. The molecular formula is C19H26F2N4OS. The number of nitrogens with zero attached hydrogens (tertiary/aromatic N) is 2. The second-order valence-electron chi connectivity index (χ2n) is 7.08. The molecule has 5 nitrogen and oxygen atoms in total. The fourth-order valence-corrected chi connectivity index (χ4v) is 3.79. The standard InChI is InChI=1S/C19H26F2N4OS/c1-25(2)10-6-9-23-17-14(13-22)11-15(12-16(17)20)27-24-18(26)19(21)7-4-3-5-8-19/h11-12,23H,3-10H2,1-2H3,(H,24,26). The smallest absolute Gasteiger partial charge is 0.267 e. The SMILES string of the molecule is CN(C)CCCNc1c(F)cc(SNC(=O)C2(F)CCCCC2)cc1C#N. The average molecular weight is 397 g/mol. The molecule has 0 radical (unpaired) electrons. The number of rotatable bonds is 8. The van der Waals surface area contributed by atoms with Gasteiger partial charge >= 0.3 is 0 Å². The molecule has 2 rings (SSSR count). The van der Waals surface area contributed by atoms with Gasteiger partial charge in [0.1, 0.15) is 11.9 Å². The van der Waals surface area contributed by atoms with Crippen LogP contribution < -0.4 is 10.0 Å². The van der Waals surface area contributed by atoms with Crippen molar-refractivity contribution in [3.63, 3.8) is 0 Å². The van der Waals surface area contributed by atoms with Crippen molar-refractivity contribution in [1.29, 1.82) is 5.26 Å². The molecular weight excluding hydrogens is 370 g/mol. The molecule has 0 heterocycles. The number of amides is 1. The Bertz CT molecular complexity index is 700. The van der Waals surface area contributed by atoms with E-state index in [2.05, 4.69) is 10.0 Å². The Hall–Kier alpha value is -1.85. The molecule has 1 aliphatic carbocycles. The van der Waals surface area contributed by atoms with Crippen molar-refractivity contribution in [2.24, 2.45) is 0 Å². The minimum atomic E-state index is -1.85. The minimum absolute atomic E-state index is 0.154. The number of nitrogens with one attached hydrogen (secondary N) is 2. The van der Waals surface area contributed by atoms with E-state index in [4.69, 9.17) is 0 Å². The molecule has 1 amide bonds. The lowest BCUT2D eigenvalue weighted by Gasteiger charge is -2.27. The van der Waals surface area contributed by atoms with E-state index in [1.54, 1.807) is 0 Å². The first-order chi connectivity index (χ1) is 12.9. The first-order valence-corrected chi connectivity index (χ1v) is 9.96. The molecule has 148 valence electrons. The van der Waals surface area contributed by atoms with Gasteiger partial charge in [-0.05, 0) is 76.8 Å². The Morgan fingerprint density at radius 2 is 2.04 bits per heavy atom. The van der Waals surface area contributed by atoms with Crippen LogP contribution in [-0.2, 0) is 4.79 Å². The fraction of sp³-hybridized carbons (Fsp3) is 0.579. The number of carbonyl (C=O) groups is 1. The molecule has 1 aliphatic rings. The van der Waals surface area contributed by atoms with Gasteiger partial charge in [0.25, 0.3) is 5.91 Å². The molecule has 1 fully saturated rings. The van der Waals surface area contributed by atoms with Crippen molar-refractivity contribution in [1.82, 2.24) is 9.62 Å². The Kier molecular flexibility index (Phi) is 7.87. The number of hydrogen-bond acceptors (Lipinski definition) is 5. The molecule has 2 N–H and O–H groups in total. The number of hydrogen-bond donors (Lipinski definition) is 2. The highest BCUT2D eigenvalue weighted by molar-refractivity contribution is 7.98. The van der Waals surface area contributed by atoms with Crippen molar-refractivity contribution in [2.75, 3.05) is 32.5 Å². The number of carbonyl (C=O) groups excluding carboxylic acids is 1. The molecule has 0 bridgehead atoms. The van der Waals surface area contributed by atoms with E-state index in [0.29, 0.717) is 24.3 Å². The molecule has 0 spiro atoms. The van der Waals surface area contributed by atoms with Gasteiger partial charge in [-0.25, -0.2) is 8.78 Å². The summed E-state index contributed by atoms with van der Waals surface area (Å²) < 4.78 is 31.5. The maximum absolute atomic E-state index is 14.6. The molecule has 1 aromatic carbocycles. The van der Waals surface area contributed by atoms with E-state index in [0.717, 1.165) is 31.3 Å². The zero-order chi connectivity index (χ0) is 19.9. The normalized spacial score (nSPS) is 16.0. The molecule has 0 atom stereocenters. The van der Waals surface area contributed by atoms with E-state index in [1.807, 2.05) is 25.1 Å². The van der Waals surface area contributed by atoms with Gasteiger partial charge in [0.2, 0.25) is 0 Å². The van der Waals surface area contributed by atoms with Gasteiger partial charge in [-0.1, -0.05) is 6.42 Å². The van der Waals surface area contributed by atoms with Crippen LogP contribution in [0.15, 0.2) is 17.0 Å². The van der Waals surface area contributed by atoms with Crippen molar-refractivity contribution >= 4 is 23.5 Å². The third-order valence-electron chi connectivity index (χ3n) is 4.58. The highest BCUT2D eigenvalue weighted by atomic mass is 32.2. The maximum atomic E-state index is 14.6. The molecule has 0 aliphatic heterocycles. The van der Waals surface area contributed by atoms with Crippen molar-refractivity contribution in [2.45, 2.75) is 49.1 Å². The summed E-state index contributed by atoms with van der Waals surface area (Å²) >= 11 is 0.840. The van der Waals surface area contributed by atoms with E-state index in [1.165, 1.54) is 12.1 Å². The third kappa shape index (κ3) is 6.08. The van der Waals surface area contributed by atoms with Crippen LogP contribution in [0, 0.1) is 17.1 Å². The van der Waals surface area contributed by atoms with E-state index in [9.17, 15) is 18.8 Å². The summed E-state index contributed by atoms with van der Waals surface area (Å²) in [6.07, 6.45) is 3.56. The van der Waals surface area contributed by atoms with Crippen LogP contribution in [0.1, 0.15) is 44.1 Å². The summed E-state index contributed by atoms with van der Waals surface area (Å²) in [5, 5.41) is 12.3. The zero-order valence-electron chi connectivity index (χ0n) is 15.8. The quantitative estimate of drug-likeness (QED) is 0.516. The van der Waals surface area contributed by atoms with Crippen molar-refractivity contribution in [3.05, 3.63) is 23.5 Å². The molecule has 0 aromatic heterocycles. The van der Waals surface area contributed by atoms with Crippen LogP contribution in [0.25, 0.3) is 0 Å². The maximum Gasteiger partial charge on any atom is 0.267 e. The second-order valence-corrected chi connectivity index (χ2v) is 7.96. The highest BCUT2D eigenvalue weighted by Crippen LogP contribution is 2.33. The average Bonchev–Trinajstić information content (AvgIpc) is 2.64. The van der Waals surface area contributed by atoms with Crippen LogP contribution in [-0.4, -0.2) is 43.7 Å². The fourth-order valence-electron chi connectivity index (χ4n) is 3.05. The number of nitriles is 1. The summed E-state index contributed by atoms with van der Waals surface area (Å²) in [7, 11) is 3.91. The molecule has 0 saturated heterocycles. The molecule has 27 heavy (non-hydrogen) atoms. The highest BCUT2D eigenvalue weighted by Gasteiger charge is 2.39. The molecule has 8 heteroatoms. The lowest BCUT2D eigenvalue weighted by atomic mass is 9.86. The summed E-state index contributed by atoms with van der Waals surface area (Å²) in [6, 6.07) is 4.71. The van der Waals surface area contributed by atoms with Crippen LogP contribution in [0.5, 0.6) is 0 Å². The first-order valence-electron chi connectivity index (χ1n) is 9.14. The van der Waals surface area contributed by atoms with Crippen LogP contribution in [0.2, 0.25) is 0 Å². The Morgan fingerprint density at radius 3 is 2.67 bits per heavy atom. The summed E-state index contributed by atoms with van der Waals surface area (Å²) in [4.78, 5) is 14.5. The number of anilines is 1. The van der Waals surface area contributed by atoms with Gasteiger partial charge in [-0.15, -0.1) is 0 Å². The largest absolute Gasteiger partial charge is 0.382 e.